The molecule has 0 saturated heterocycles. The number of hydrogen-bond donors (Lipinski definition) is 0. The molecule has 0 saturated carbocycles. The van der Waals surface area contributed by atoms with Crippen LogP contribution in [0.15, 0.2) is 18.2 Å². The van der Waals surface area contributed by atoms with Gasteiger partial charge < -0.3 is 14.2 Å². The molecule has 0 radical (unpaired) electrons. The fourth-order valence-corrected chi connectivity index (χ4v) is 1.51. The normalized spacial score (nSPS) is 9.81. The van der Waals surface area contributed by atoms with Gasteiger partial charge in [-0.3, -0.25) is 0 Å². The maximum absolute atomic E-state index is 9.03. The molecule has 1 aromatic rings. The van der Waals surface area contributed by atoms with E-state index >= 15 is 0 Å². The van der Waals surface area contributed by atoms with Crippen molar-refractivity contribution in [3.05, 3.63) is 36.4 Å². The van der Waals surface area contributed by atoms with Gasteiger partial charge in [0, 0.05) is 0 Å². The second-order valence-corrected chi connectivity index (χ2v) is 3.88. The van der Waals surface area contributed by atoms with Gasteiger partial charge in [0.1, 0.15) is 36.7 Å². The molecule has 0 unspecified atom stereocenters. The molecule has 6 heteroatoms. The van der Waals surface area contributed by atoms with E-state index in [1.807, 2.05) is 12.1 Å². The van der Waals surface area contributed by atoms with Crippen LogP contribution >= 0.6 is 0 Å². The molecule has 21 heavy (non-hydrogen) atoms. The van der Waals surface area contributed by atoms with Gasteiger partial charge in [-0.25, -0.2) is 0 Å². The number of benzene rings is 1. The van der Waals surface area contributed by atoms with Gasteiger partial charge in [-0.2, -0.15) is 15.3 Å². The quantitative estimate of drug-likeness (QED) is 0.481. The largest absolute Gasteiger partial charge is 0.490 e. The summed E-state index contributed by atoms with van der Waals surface area (Å²) in [4.78, 5) is 0. The van der Waals surface area contributed by atoms with Gasteiger partial charge in [0.25, 0.3) is 0 Å². The zero-order valence-corrected chi connectivity index (χ0v) is 11.7. The van der Waals surface area contributed by atoms with E-state index in [2.05, 4.69) is 11.8 Å². The second kappa shape index (κ2) is 10.5. The lowest BCUT2D eigenvalue weighted by molar-refractivity contribution is 0.0220. The molecule has 0 aliphatic rings. The van der Waals surface area contributed by atoms with E-state index in [9.17, 15) is 0 Å². The SMILES string of the molecule is [CH2+]OCCOCCOCCOc1cccc(C#N)c1C#N. The van der Waals surface area contributed by atoms with Crippen LogP contribution in [0.5, 0.6) is 5.75 Å². The van der Waals surface area contributed by atoms with Gasteiger partial charge in [-0.1, -0.05) is 6.07 Å². The molecular weight excluding hydrogens is 272 g/mol. The van der Waals surface area contributed by atoms with E-state index in [0.717, 1.165) is 0 Å². The van der Waals surface area contributed by atoms with Crippen molar-refractivity contribution in [2.45, 2.75) is 0 Å². The second-order valence-electron chi connectivity index (χ2n) is 3.88. The Bertz CT molecular complexity index is 505. The summed E-state index contributed by atoms with van der Waals surface area (Å²) in [6.45, 7) is 2.52. The van der Waals surface area contributed by atoms with Gasteiger partial charge in [0.2, 0.25) is 7.11 Å². The molecule has 0 heterocycles. The summed E-state index contributed by atoms with van der Waals surface area (Å²) in [7, 11) is 3.23. The fourth-order valence-electron chi connectivity index (χ4n) is 1.51. The molecule has 0 N–H and O–H groups in total. The average Bonchev–Trinajstić information content (AvgIpc) is 2.52. The Morgan fingerprint density at radius 3 is 2.19 bits per heavy atom. The highest BCUT2D eigenvalue weighted by atomic mass is 16.6. The zero-order chi connectivity index (χ0) is 15.3. The lowest BCUT2D eigenvalue weighted by Gasteiger charge is -2.09. The van der Waals surface area contributed by atoms with Crippen molar-refractivity contribution < 1.29 is 18.9 Å². The van der Waals surface area contributed by atoms with Crippen molar-refractivity contribution in [3.8, 4) is 17.9 Å². The third kappa shape index (κ3) is 6.15. The van der Waals surface area contributed by atoms with Gasteiger partial charge in [0.05, 0.1) is 32.0 Å². The molecule has 1 aromatic carbocycles. The Morgan fingerprint density at radius 2 is 1.57 bits per heavy atom. The fraction of sp³-hybridized carbons (Fsp3) is 0.400. The van der Waals surface area contributed by atoms with Crippen molar-refractivity contribution in [2.24, 2.45) is 0 Å². The van der Waals surface area contributed by atoms with Crippen LogP contribution in [0.1, 0.15) is 11.1 Å². The Labute approximate surface area is 124 Å². The van der Waals surface area contributed by atoms with Crippen LogP contribution in [0, 0.1) is 29.8 Å². The number of ether oxygens (including phenoxy) is 4. The Balaban J connectivity index is 2.22. The molecule has 1 rings (SSSR count). The maximum atomic E-state index is 9.03. The van der Waals surface area contributed by atoms with Crippen LogP contribution in [0.25, 0.3) is 0 Å². The van der Waals surface area contributed by atoms with E-state index in [0.29, 0.717) is 51.0 Å². The number of nitriles is 2. The predicted molar refractivity (Wildman–Crippen MR) is 74.3 cm³/mol. The van der Waals surface area contributed by atoms with Crippen LogP contribution in [0.2, 0.25) is 0 Å². The lowest BCUT2D eigenvalue weighted by atomic mass is 10.1. The van der Waals surface area contributed by atoms with Crippen LogP contribution in [-0.4, -0.2) is 39.6 Å². The molecule has 0 spiro atoms. The van der Waals surface area contributed by atoms with Crippen LogP contribution < -0.4 is 4.74 Å². The first-order valence-corrected chi connectivity index (χ1v) is 6.42. The first-order valence-electron chi connectivity index (χ1n) is 6.42. The molecule has 0 amide bonds. The average molecular weight is 289 g/mol. The summed E-state index contributed by atoms with van der Waals surface area (Å²) < 4.78 is 20.5. The molecule has 0 bridgehead atoms. The van der Waals surface area contributed by atoms with Gasteiger partial charge in [-0.15, -0.1) is 0 Å². The van der Waals surface area contributed by atoms with E-state index in [1.54, 1.807) is 18.2 Å². The molecule has 0 fully saturated rings. The minimum Gasteiger partial charge on any atom is -0.490 e. The van der Waals surface area contributed by atoms with Crippen molar-refractivity contribution in [3.63, 3.8) is 0 Å². The van der Waals surface area contributed by atoms with Crippen LogP contribution in [0.4, 0.5) is 0 Å². The maximum Gasteiger partial charge on any atom is 0.213 e. The standard InChI is InChI=1S/C15H17N2O4/c1-18-5-6-19-7-8-20-9-10-21-15-4-2-3-13(11-16)14(15)12-17/h2-4H,1,5-10H2/q+1. The monoisotopic (exact) mass is 289 g/mol. The molecule has 0 aliphatic heterocycles. The first-order chi connectivity index (χ1) is 10.3. The van der Waals surface area contributed by atoms with Crippen molar-refractivity contribution in [1.29, 1.82) is 10.5 Å². The summed E-state index contributed by atoms with van der Waals surface area (Å²) in [5.41, 5.74) is 0.549. The lowest BCUT2D eigenvalue weighted by Crippen LogP contribution is -2.12. The third-order valence-corrected chi connectivity index (χ3v) is 2.49. The van der Waals surface area contributed by atoms with Crippen LogP contribution in [0.3, 0.4) is 0 Å². The van der Waals surface area contributed by atoms with Gasteiger partial charge >= 0.3 is 0 Å². The summed E-state index contributed by atoms with van der Waals surface area (Å²) in [5.74, 6) is 0.393. The zero-order valence-electron chi connectivity index (χ0n) is 11.7. The minimum absolute atomic E-state index is 0.247. The number of rotatable bonds is 10. The summed E-state index contributed by atoms with van der Waals surface area (Å²) >= 11 is 0. The Hall–Kier alpha value is -2.25. The third-order valence-electron chi connectivity index (χ3n) is 2.49. The van der Waals surface area contributed by atoms with Gasteiger partial charge in [-0.05, 0) is 12.1 Å². The van der Waals surface area contributed by atoms with Crippen molar-refractivity contribution in [2.75, 3.05) is 39.6 Å². The van der Waals surface area contributed by atoms with Gasteiger partial charge in [0.15, 0.2) is 0 Å². The molecule has 110 valence electrons. The van der Waals surface area contributed by atoms with E-state index in [-0.39, 0.29) is 5.56 Å². The molecule has 0 aromatic heterocycles. The Morgan fingerprint density at radius 1 is 0.905 bits per heavy atom. The van der Waals surface area contributed by atoms with Crippen molar-refractivity contribution in [1.82, 2.24) is 0 Å². The van der Waals surface area contributed by atoms with Crippen molar-refractivity contribution >= 4 is 0 Å². The highest BCUT2D eigenvalue weighted by molar-refractivity contribution is 5.53. The molecule has 0 aliphatic carbocycles. The molecule has 0 atom stereocenters. The summed E-state index contributed by atoms with van der Waals surface area (Å²) in [5, 5.41) is 17.9. The highest BCUT2D eigenvalue weighted by Gasteiger charge is 2.08. The van der Waals surface area contributed by atoms with E-state index in [4.69, 9.17) is 24.7 Å². The number of hydrogen-bond acceptors (Lipinski definition) is 6. The molecular formula is C15H17N2O4+. The topological polar surface area (TPSA) is 84.5 Å². The first kappa shape index (κ1) is 16.8. The minimum atomic E-state index is 0.247. The van der Waals surface area contributed by atoms with Crippen LogP contribution in [-0.2, 0) is 14.2 Å². The van der Waals surface area contributed by atoms with E-state index < -0.39 is 0 Å². The summed E-state index contributed by atoms with van der Waals surface area (Å²) in [6, 6.07) is 8.83. The smallest absolute Gasteiger partial charge is 0.213 e. The number of nitrogens with zero attached hydrogens (tertiary/aromatic N) is 2. The molecule has 6 nitrogen and oxygen atoms in total. The predicted octanol–water partition coefficient (Wildman–Crippen LogP) is 1.65. The Kier molecular flexibility index (Phi) is 8.42. The summed E-state index contributed by atoms with van der Waals surface area (Å²) in [6.07, 6.45) is 0. The highest BCUT2D eigenvalue weighted by Crippen LogP contribution is 2.20. The van der Waals surface area contributed by atoms with E-state index in [1.165, 1.54) is 0 Å².